The molecule has 0 spiro atoms. The average Bonchev–Trinajstić information content (AvgIpc) is 3.37. The third-order valence-electron chi connectivity index (χ3n) is 6.87. The molecule has 0 fully saturated rings. The van der Waals surface area contributed by atoms with Crippen LogP contribution < -0.4 is 10.1 Å². The lowest BCUT2D eigenvalue weighted by Gasteiger charge is -2.37. The summed E-state index contributed by atoms with van der Waals surface area (Å²) in [6.07, 6.45) is 0.818. The molecule has 7 heteroatoms. The molecule has 3 amide bonds. The zero-order valence-corrected chi connectivity index (χ0v) is 23.9. The van der Waals surface area contributed by atoms with Crippen molar-refractivity contribution in [1.82, 2.24) is 9.80 Å². The van der Waals surface area contributed by atoms with Crippen molar-refractivity contribution in [2.75, 3.05) is 31.6 Å². The number of urea groups is 1. The van der Waals surface area contributed by atoms with Crippen LogP contribution in [-0.4, -0.2) is 48.0 Å². The van der Waals surface area contributed by atoms with Crippen molar-refractivity contribution in [3.05, 3.63) is 81.5 Å². The first-order valence-electron chi connectivity index (χ1n) is 13.4. The van der Waals surface area contributed by atoms with E-state index in [1.807, 2.05) is 48.2 Å². The van der Waals surface area contributed by atoms with Gasteiger partial charge in [-0.3, -0.25) is 4.79 Å². The molecule has 0 aliphatic carbocycles. The Hall–Kier alpha value is -3.32. The van der Waals surface area contributed by atoms with Gasteiger partial charge in [-0.1, -0.05) is 57.5 Å². The van der Waals surface area contributed by atoms with E-state index in [1.165, 1.54) is 10.4 Å². The summed E-state index contributed by atoms with van der Waals surface area (Å²) in [5.74, 6) is 1.42. The summed E-state index contributed by atoms with van der Waals surface area (Å²) in [6, 6.07) is 17.5. The predicted octanol–water partition coefficient (Wildman–Crippen LogP) is 6.87. The number of aryl methyl sites for hydroxylation is 1. The SMILES string of the molecule is Cc1ccc(NC(=O)N(CC(=O)N2CCc3sccc3[C@H]2COc2ccc(C(C)C)cc2)CC(C)C)cc1. The Labute approximate surface area is 230 Å². The van der Waals surface area contributed by atoms with Crippen molar-refractivity contribution in [2.45, 2.75) is 53.0 Å². The van der Waals surface area contributed by atoms with Crippen LogP contribution in [0.1, 0.15) is 61.2 Å². The number of hydrogen-bond donors (Lipinski definition) is 1. The number of hydrogen-bond acceptors (Lipinski definition) is 4. The number of fused-ring (bicyclic) bond motifs is 1. The van der Waals surface area contributed by atoms with Crippen LogP contribution in [0.15, 0.2) is 60.0 Å². The van der Waals surface area contributed by atoms with Gasteiger partial charge in [0.15, 0.2) is 0 Å². The van der Waals surface area contributed by atoms with Gasteiger partial charge in [-0.05, 0) is 72.0 Å². The zero-order chi connectivity index (χ0) is 27.2. The van der Waals surface area contributed by atoms with E-state index in [0.717, 1.165) is 29.0 Å². The van der Waals surface area contributed by atoms with E-state index in [9.17, 15) is 9.59 Å². The summed E-state index contributed by atoms with van der Waals surface area (Å²) in [5, 5.41) is 5.04. The second kappa shape index (κ2) is 12.5. The number of carbonyl (C=O) groups excluding carboxylic acids is 2. The standard InChI is InChI=1S/C31H39N3O3S/c1-21(2)18-33(31(36)32-25-10-6-23(5)7-11-25)19-30(35)34-16-14-29-27(15-17-38-29)28(34)20-37-26-12-8-24(9-13-26)22(3)4/h6-13,15,17,21-22,28H,14,16,18-20H2,1-5H3,(H,32,36)/t28-/m1/s1. The maximum absolute atomic E-state index is 13.7. The quantitative estimate of drug-likeness (QED) is 0.326. The molecule has 1 atom stereocenters. The van der Waals surface area contributed by atoms with Crippen molar-refractivity contribution >= 4 is 29.0 Å². The highest BCUT2D eigenvalue weighted by Crippen LogP contribution is 2.34. The molecule has 1 aromatic heterocycles. The van der Waals surface area contributed by atoms with Crippen molar-refractivity contribution in [1.29, 1.82) is 0 Å². The third-order valence-corrected chi connectivity index (χ3v) is 7.87. The molecule has 0 saturated heterocycles. The Kier molecular flexibility index (Phi) is 9.10. The van der Waals surface area contributed by atoms with Gasteiger partial charge >= 0.3 is 6.03 Å². The number of amides is 3. The summed E-state index contributed by atoms with van der Waals surface area (Å²) in [4.78, 5) is 31.7. The monoisotopic (exact) mass is 533 g/mol. The Bertz CT molecular complexity index is 1220. The fraction of sp³-hybridized carbons (Fsp3) is 0.419. The molecule has 6 nitrogen and oxygen atoms in total. The van der Waals surface area contributed by atoms with Gasteiger partial charge in [0.05, 0.1) is 6.04 Å². The van der Waals surface area contributed by atoms with Crippen LogP contribution in [0.4, 0.5) is 10.5 Å². The van der Waals surface area contributed by atoms with Gasteiger partial charge in [0.25, 0.3) is 0 Å². The van der Waals surface area contributed by atoms with E-state index in [0.29, 0.717) is 25.6 Å². The summed E-state index contributed by atoms with van der Waals surface area (Å²) in [7, 11) is 0. The van der Waals surface area contributed by atoms with Crippen molar-refractivity contribution < 1.29 is 14.3 Å². The maximum atomic E-state index is 13.7. The van der Waals surface area contributed by atoms with Crippen LogP contribution in [-0.2, 0) is 11.2 Å². The maximum Gasteiger partial charge on any atom is 0.322 e. The molecule has 2 aromatic carbocycles. The number of rotatable bonds is 9. The molecule has 1 N–H and O–H groups in total. The Morgan fingerprint density at radius 2 is 1.76 bits per heavy atom. The summed E-state index contributed by atoms with van der Waals surface area (Å²) < 4.78 is 6.21. The average molecular weight is 534 g/mol. The summed E-state index contributed by atoms with van der Waals surface area (Å²) in [6.45, 7) is 11.9. The first kappa shape index (κ1) is 27.7. The van der Waals surface area contributed by atoms with Crippen LogP contribution in [0.3, 0.4) is 0 Å². The van der Waals surface area contributed by atoms with E-state index in [-0.39, 0.29) is 30.4 Å². The topological polar surface area (TPSA) is 61.9 Å². The molecule has 202 valence electrons. The minimum atomic E-state index is -0.262. The minimum Gasteiger partial charge on any atom is -0.491 e. The van der Waals surface area contributed by atoms with E-state index >= 15 is 0 Å². The van der Waals surface area contributed by atoms with Crippen molar-refractivity contribution in [3.8, 4) is 5.75 Å². The predicted molar refractivity (Wildman–Crippen MR) is 155 cm³/mol. The van der Waals surface area contributed by atoms with Gasteiger partial charge in [0.2, 0.25) is 5.91 Å². The summed E-state index contributed by atoms with van der Waals surface area (Å²) >= 11 is 1.73. The highest BCUT2D eigenvalue weighted by molar-refractivity contribution is 7.10. The lowest BCUT2D eigenvalue weighted by molar-refractivity contribution is -0.135. The molecule has 0 radical (unpaired) electrons. The number of benzene rings is 2. The van der Waals surface area contributed by atoms with Crippen LogP contribution >= 0.6 is 11.3 Å². The lowest BCUT2D eigenvalue weighted by atomic mass is 10.00. The van der Waals surface area contributed by atoms with Crippen LogP contribution in [0, 0.1) is 12.8 Å². The number of anilines is 1. The van der Waals surface area contributed by atoms with Crippen LogP contribution in [0.25, 0.3) is 0 Å². The highest BCUT2D eigenvalue weighted by atomic mass is 32.1. The lowest BCUT2D eigenvalue weighted by Crippen LogP contribution is -2.49. The molecule has 3 aromatic rings. The molecule has 4 rings (SSSR count). The van der Waals surface area contributed by atoms with E-state index < -0.39 is 0 Å². The minimum absolute atomic E-state index is 0.0227. The third kappa shape index (κ3) is 6.95. The van der Waals surface area contributed by atoms with Gasteiger partial charge in [0, 0.05) is 23.7 Å². The van der Waals surface area contributed by atoms with Gasteiger partial charge < -0.3 is 19.9 Å². The molecule has 1 aliphatic rings. The fourth-order valence-corrected chi connectivity index (χ4v) is 5.68. The van der Waals surface area contributed by atoms with Gasteiger partial charge in [0.1, 0.15) is 18.9 Å². The van der Waals surface area contributed by atoms with Crippen LogP contribution in [0.5, 0.6) is 5.75 Å². The first-order valence-corrected chi connectivity index (χ1v) is 14.3. The van der Waals surface area contributed by atoms with E-state index in [2.05, 4.69) is 56.6 Å². The van der Waals surface area contributed by atoms with Gasteiger partial charge in [-0.15, -0.1) is 11.3 Å². The van der Waals surface area contributed by atoms with E-state index in [1.54, 1.807) is 16.2 Å². The molecular weight excluding hydrogens is 494 g/mol. The van der Waals surface area contributed by atoms with Crippen molar-refractivity contribution in [3.63, 3.8) is 0 Å². The molecule has 2 heterocycles. The van der Waals surface area contributed by atoms with Gasteiger partial charge in [-0.25, -0.2) is 4.79 Å². The number of nitrogens with zero attached hydrogens (tertiary/aromatic N) is 2. The summed E-state index contributed by atoms with van der Waals surface area (Å²) in [5.41, 5.74) is 4.26. The van der Waals surface area contributed by atoms with Crippen LogP contribution in [0.2, 0.25) is 0 Å². The Morgan fingerprint density at radius 1 is 1.05 bits per heavy atom. The normalized spacial score (nSPS) is 14.9. The molecule has 38 heavy (non-hydrogen) atoms. The molecular formula is C31H39N3O3S. The Balaban J connectivity index is 1.48. The second-order valence-corrected chi connectivity index (χ2v) is 11.8. The van der Waals surface area contributed by atoms with Crippen molar-refractivity contribution in [2.24, 2.45) is 5.92 Å². The second-order valence-electron chi connectivity index (χ2n) is 10.8. The highest BCUT2D eigenvalue weighted by Gasteiger charge is 2.33. The number of thiophene rings is 1. The van der Waals surface area contributed by atoms with Gasteiger partial charge in [-0.2, -0.15) is 0 Å². The fourth-order valence-electron chi connectivity index (χ4n) is 4.75. The molecule has 0 bridgehead atoms. The Morgan fingerprint density at radius 3 is 2.42 bits per heavy atom. The van der Waals surface area contributed by atoms with E-state index in [4.69, 9.17) is 4.74 Å². The zero-order valence-electron chi connectivity index (χ0n) is 23.1. The first-order chi connectivity index (χ1) is 18.2. The molecule has 0 saturated carbocycles. The smallest absolute Gasteiger partial charge is 0.322 e. The number of nitrogens with one attached hydrogen (secondary N) is 1. The largest absolute Gasteiger partial charge is 0.491 e. The number of ether oxygens (including phenoxy) is 1. The number of carbonyl (C=O) groups is 2. The molecule has 0 unspecified atom stereocenters. The molecule has 1 aliphatic heterocycles.